The molecule has 1 heterocycles. The zero-order chi connectivity index (χ0) is 17.2. The van der Waals surface area contributed by atoms with Gasteiger partial charge in [-0.2, -0.15) is 0 Å². The minimum Gasteiger partial charge on any atom is -0.379 e. The molecule has 132 valence electrons. The fourth-order valence-electron chi connectivity index (χ4n) is 2.73. The van der Waals surface area contributed by atoms with E-state index in [0.717, 1.165) is 49.4 Å². The second-order valence-electron chi connectivity index (χ2n) is 5.57. The summed E-state index contributed by atoms with van der Waals surface area (Å²) in [6, 6.07) is 8.15. The molecule has 0 saturated carbocycles. The van der Waals surface area contributed by atoms with Crippen molar-refractivity contribution in [1.29, 1.82) is 0 Å². The fraction of sp³-hybridized carbons (Fsp3) is 0.500. The van der Waals surface area contributed by atoms with Crippen LogP contribution in [0.5, 0.6) is 0 Å². The van der Waals surface area contributed by atoms with E-state index in [4.69, 9.17) is 21.3 Å². The van der Waals surface area contributed by atoms with Gasteiger partial charge >= 0.3 is 0 Å². The van der Waals surface area contributed by atoms with Crippen LogP contribution in [0.25, 0.3) is 0 Å². The maximum absolute atomic E-state index is 6.45. The molecule has 1 fully saturated rings. The van der Waals surface area contributed by atoms with Gasteiger partial charge in [0.25, 0.3) is 0 Å². The highest BCUT2D eigenvalue weighted by Gasteiger charge is 2.24. The van der Waals surface area contributed by atoms with Crippen LogP contribution < -0.4 is 10.6 Å². The summed E-state index contributed by atoms with van der Waals surface area (Å²) in [6.07, 6.45) is 1.82. The van der Waals surface area contributed by atoms with Gasteiger partial charge in [-0.25, -0.2) is 0 Å². The Morgan fingerprint density at radius 3 is 2.79 bits per heavy atom. The predicted molar refractivity (Wildman–Crippen MR) is 101 cm³/mol. The van der Waals surface area contributed by atoms with Gasteiger partial charge in [0.15, 0.2) is 5.96 Å². The minimum absolute atomic E-state index is 0.141. The zero-order valence-electron chi connectivity index (χ0n) is 14.3. The van der Waals surface area contributed by atoms with Gasteiger partial charge < -0.3 is 15.4 Å². The first-order valence-corrected chi connectivity index (χ1v) is 8.83. The Kier molecular flexibility index (Phi) is 8.08. The summed E-state index contributed by atoms with van der Waals surface area (Å²) in [5, 5.41) is 7.28. The Balaban J connectivity index is 2.18. The van der Waals surface area contributed by atoms with Crippen LogP contribution in [-0.4, -0.2) is 56.8 Å². The number of hydrogen-bond donors (Lipinski definition) is 2. The van der Waals surface area contributed by atoms with E-state index in [0.29, 0.717) is 13.1 Å². The third kappa shape index (κ3) is 5.51. The summed E-state index contributed by atoms with van der Waals surface area (Å²) in [5.74, 6) is 0.794. The number of guanidine groups is 1. The van der Waals surface area contributed by atoms with Crippen LogP contribution in [0.4, 0.5) is 0 Å². The van der Waals surface area contributed by atoms with Gasteiger partial charge in [0.2, 0.25) is 0 Å². The molecular weight excluding hydrogens is 324 g/mol. The highest BCUT2D eigenvalue weighted by Crippen LogP contribution is 2.28. The molecule has 0 spiro atoms. The Morgan fingerprint density at radius 2 is 2.12 bits per heavy atom. The van der Waals surface area contributed by atoms with Gasteiger partial charge in [-0.05, 0) is 18.6 Å². The van der Waals surface area contributed by atoms with E-state index in [2.05, 4.69) is 35.1 Å². The number of morpholine rings is 1. The van der Waals surface area contributed by atoms with E-state index in [1.165, 1.54) is 0 Å². The summed E-state index contributed by atoms with van der Waals surface area (Å²) in [5.41, 5.74) is 1.12. The average Bonchev–Trinajstić information content (AvgIpc) is 2.62. The van der Waals surface area contributed by atoms with Crippen molar-refractivity contribution in [3.05, 3.63) is 47.5 Å². The second-order valence-corrected chi connectivity index (χ2v) is 5.98. The molecular formula is C18H27ClN4O. The molecule has 2 rings (SSSR count). The molecule has 0 amide bonds. The van der Waals surface area contributed by atoms with Crippen molar-refractivity contribution in [2.45, 2.75) is 13.0 Å². The van der Waals surface area contributed by atoms with Gasteiger partial charge in [0, 0.05) is 31.2 Å². The summed E-state index contributed by atoms with van der Waals surface area (Å²) in [6.45, 7) is 11.2. The summed E-state index contributed by atoms with van der Waals surface area (Å²) >= 11 is 6.45. The molecule has 1 atom stereocenters. The predicted octanol–water partition coefficient (Wildman–Crippen LogP) is 2.45. The lowest BCUT2D eigenvalue weighted by Crippen LogP contribution is -2.42. The van der Waals surface area contributed by atoms with E-state index >= 15 is 0 Å². The standard InChI is InChI=1S/C18H27ClN4O/c1-3-9-21-18(20-4-2)22-14-17(23-10-12-24-13-11-23)15-7-5-6-8-16(15)19/h3,5-8,17H,1,4,9-14H2,2H3,(H2,20,21,22). The molecule has 24 heavy (non-hydrogen) atoms. The summed E-state index contributed by atoms with van der Waals surface area (Å²) < 4.78 is 5.49. The third-order valence-corrected chi connectivity index (χ3v) is 4.28. The molecule has 0 aromatic heterocycles. The van der Waals surface area contributed by atoms with E-state index in [-0.39, 0.29) is 6.04 Å². The van der Waals surface area contributed by atoms with Crippen molar-refractivity contribution in [2.75, 3.05) is 45.9 Å². The van der Waals surface area contributed by atoms with Crippen molar-refractivity contribution < 1.29 is 4.74 Å². The van der Waals surface area contributed by atoms with Crippen LogP contribution in [0, 0.1) is 0 Å². The SMILES string of the molecule is C=CCNC(=NCC(c1ccccc1Cl)N1CCOCC1)NCC. The quantitative estimate of drug-likeness (QED) is 0.450. The maximum atomic E-state index is 6.45. The second kappa shape index (κ2) is 10.3. The Morgan fingerprint density at radius 1 is 1.38 bits per heavy atom. The number of halogens is 1. The van der Waals surface area contributed by atoms with Crippen molar-refractivity contribution in [2.24, 2.45) is 4.99 Å². The smallest absolute Gasteiger partial charge is 0.191 e. The van der Waals surface area contributed by atoms with Gasteiger partial charge in [0.05, 0.1) is 25.8 Å². The summed E-state index contributed by atoms with van der Waals surface area (Å²) in [4.78, 5) is 7.14. The normalized spacial score (nSPS) is 17.3. The van der Waals surface area contributed by atoms with Crippen LogP contribution in [0.2, 0.25) is 5.02 Å². The molecule has 1 unspecified atom stereocenters. The fourth-order valence-corrected chi connectivity index (χ4v) is 3.00. The molecule has 1 aliphatic heterocycles. The van der Waals surface area contributed by atoms with Crippen LogP contribution in [0.1, 0.15) is 18.5 Å². The van der Waals surface area contributed by atoms with Crippen molar-refractivity contribution in [1.82, 2.24) is 15.5 Å². The highest BCUT2D eigenvalue weighted by atomic mass is 35.5. The van der Waals surface area contributed by atoms with Gasteiger partial charge in [0.1, 0.15) is 0 Å². The monoisotopic (exact) mass is 350 g/mol. The molecule has 5 nitrogen and oxygen atoms in total. The number of nitrogens with one attached hydrogen (secondary N) is 2. The highest BCUT2D eigenvalue weighted by molar-refractivity contribution is 6.31. The first-order chi connectivity index (χ1) is 11.8. The molecule has 1 aromatic rings. The van der Waals surface area contributed by atoms with E-state index in [1.54, 1.807) is 0 Å². The van der Waals surface area contributed by atoms with Crippen LogP contribution >= 0.6 is 11.6 Å². The molecule has 1 saturated heterocycles. The van der Waals surface area contributed by atoms with Crippen LogP contribution in [0.15, 0.2) is 41.9 Å². The van der Waals surface area contributed by atoms with Gasteiger partial charge in [-0.1, -0.05) is 35.9 Å². The molecule has 1 aromatic carbocycles. The molecule has 0 radical (unpaired) electrons. The maximum Gasteiger partial charge on any atom is 0.191 e. The number of benzene rings is 1. The number of hydrogen-bond acceptors (Lipinski definition) is 3. The molecule has 0 bridgehead atoms. The third-order valence-electron chi connectivity index (χ3n) is 3.93. The van der Waals surface area contributed by atoms with Crippen molar-refractivity contribution >= 4 is 17.6 Å². The number of nitrogens with zero attached hydrogens (tertiary/aromatic N) is 2. The summed E-state index contributed by atoms with van der Waals surface area (Å²) in [7, 11) is 0. The molecule has 0 aliphatic carbocycles. The molecule has 1 aliphatic rings. The van der Waals surface area contributed by atoms with Gasteiger partial charge in [-0.15, -0.1) is 6.58 Å². The van der Waals surface area contributed by atoms with Crippen molar-refractivity contribution in [3.63, 3.8) is 0 Å². The van der Waals surface area contributed by atoms with Gasteiger partial charge in [-0.3, -0.25) is 9.89 Å². The van der Waals surface area contributed by atoms with E-state index < -0.39 is 0 Å². The number of rotatable bonds is 7. The number of aliphatic imine (C=N–C) groups is 1. The largest absolute Gasteiger partial charge is 0.379 e. The van der Waals surface area contributed by atoms with E-state index in [9.17, 15) is 0 Å². The average molecular weight is 351 g/mol. The van der Waals surface area contributed by atoms with E-state index in [1.807, 2.05) is 24.3 Å². The lowest BCUT2D eigenvalue weighted by molar-refractivity contribution is 0.0180. The lowest BCUT2D eigenvalue weighted by atomic mass is 10.0. The first kappa shape index (κ1) is 18.8. The topological polar surface area (TPSA) is 48.9 Å². The lowest BCUT2D eigenvalue weighted by Gasteiger charge is -2.34. The van der Waals surface area contributed by atoms with Crippen molar-refractivity contribution in [3.8, 4) is 0 Å². The Hall–Kier alpha value is -1.56. The molecule has 2 N–H and O–H groups in total. The zero-order valence-corrected chi connectivity index (χ0v) is 15.1. The minimum atomic E-state index is 0.141. The Bertz CT molecular complexity index is 544. The van der Waals surface area contributed by atoms with Crippen LogP contribution in [-0.2, 0) is 4.74 Å². The first-order valence-electron chi connectivity index (χ1n) is 8.45. The Labute approximate surface area is 149 Å². The number of ether oxygens (including phenoxy) is 1. The molecule has 6 heteroatoms. The van der Waals surface area contributed by atoms with Crippen LogP contribution in [0.3, 0.4) is 0 Å².